The maximum atomic E-state index is 12.8. The van der Waals surface area contributed by atoms with E-state index in [2.05, 4.69) is 6.92 Å². The number of hydrogen-bond acceptors (Lipinski definition) is 0. The van der Waals surface area contributed by atoms with Crippen LogP contribution in [0.2, 0.25) is 5.02 Å². The van der Waals surface area contributed by atoms with Gasteiger partial charge in [-0.15, -0.1) is 0 Å². The summed E-state index contributed by atoms with van der Waals surface area (Å²) in [5.41, 5.74) is 0.835. The van der Waals surface area contributed by atoms with Gasteiger partial charge in [0, 0.05) is 0 Å². The van der Waals surface area contributed by atoms with Crippen LogP contribution in [0, 0.1) is 12.7 Å². The summed E-state index contributed by atoms with van der Waals surface area (Å²) >= 11 is 5.67. The van der Waals surface area contributed by atoms with E-state index in [1.54, 1.807) is 6.07 Å². The fourth-order valence-electron chi connectivity index (χ4n) is 0.932. The first kappa shape index (κ1) is 8.54. The van der Waals surface area contributed by atoms with Crippen molar-refractivity contribution < 1.29 is 4.39 Å². The lowest BCUT2D eigenvalue weighted by Gasteiger charge is -2.01. The van der Waals surface area contributed by atoms with Crippen molar-refractivity contribution in [3.8, 4) is 0 Å². The van der Waals surface area contributed by atoms with Gasteiger partial charge in [0.25, 0.3) is 0 Å². The molecule has 11 heavy (non-hydrogen) atoms. The molecule has 0 bridgehead atoms. The van der Waals surface area contributed by atoms with Gasteiger partial charge in [-0.1, -0.05) is 30.7 Å². The lowest BCUT2D eigenvalue weighted by molar-refractivity contribution is 0.626. The van der Waals surface area contributed by atoms with Gasteiger partial charge in [0.05, 0.1) is 5.02 Å². The Morgan fingerprint density at radius 2 is 2.18 bits per heavy atom. The summed E-state index contributed by atoms with van der Waals surface area (Å²) in [4.78, 5) is 0. The van der Waals surface area contributed by atoms with Gasteiger partial charge in [0.1, 0.15) is 5.82 Å². The van der Waals surface area contributed by atoms with E-state index in [-0.39, 0.29) is 10.8 Å². The molecule has 0 aliphatic heterocycles. The fourth-order valence-corrected chi connectivity index (χ4v) is 1.15. The molecule has 0 saturated carbocycles. The molecule has 0 aliphatic carbocycles. The molecule has 1 aromatic carbocycles. The molecule has 0 aromatic heterocycles. The third kappa shape index (κ3) is 1.93. The molecule has 0 fully saturated rings. The van der Waals surface area contributed by atoms with Crippen LogP contribution < -0.4 is 0 Å². The zero-order valence-electron chi connectivity index (χ0n) is 6.11. The van der Waals surface area contributed by atoms with Crippen molar-refractivity contribution in [1.82, 2.24) is 0 Å². The van der Waals surface area contributed by atoms with Crippen molar-refractivity contribution in [1.29, 1.82) is 0 Å². The summed E-state index contributed by atoms with van der Waals surface area (Å²) in [5, 5.41) is 0.233. The minimum atomic E-state index is -0.349. The van der Waals surface area contributed by atoms with Gasteiger partial charge in [-0.05, 0) is 24.5 Å². The van der Waals surface area contributed by atoms with E-state index in [1.807, 2.05) is 6.07 Å². The van der Waals surface area contributed by atoms with Crippen molar-refractivity contribution in [3.05, 3.63) is 41.5 Å². The quantitative estimate of drug-likeness (QED) is 0.641. The normalized spacial score (nSPS) is 10.1. The number of aryl methyl sites for hydroxylation is 1. The van der Waals surface area contributed by atoms with Gasteiger partial charge in [-0.2, -0.15) is 0 Å². The highest BCUT2D eigenvalue weighted by Gasteiger charge is 2.02. The zero-order valence-corrected chi connectivity index (χ0v) is 6.87. The SMILES string of the molecule is [CH2]CCc1cccc(F)c1Cl. The average Bonchev–Trinajstić information content (AvgIpc) is 1.99. The summed E-state index contributed by atoms with van der Waals surface area (Å²) < 4.78 is 12.8. The Balaban J connectivity index is 2.96. The van der Waals surface area contributed by atoms with Gasteiger partial charge in [-0.25, -0.2) is 4.39 Å². The molecule has 0 N–H and O–H groups in total. The Labute approximate surface area is 71.0 Å². The Bertz CT molecular complexity index is 245. The lowest BCUT2D eigenvalue weighted by atomic mass is 10.1. The van der Waals surface area contributed by atoms with Crippen LogP contribution >= 0.6 is 11.6 Å². The highest BCUT2D eigenvalue weighted by molar-refractivity contribution is 6.31. The van der Waals surface area contributed by atoms with E-state index in [0.29, 0.717) is 0 Å². The summed E-state index contributed by atoms with van der Waals surface area (Å²) in [6.07, 6.45) is 1.47. The summed E-state index contributed by atoms with van der Waals surface area (Å²) in [7, 11) is 0. The van der Waals surface area contributed by atoms with Crippen molar-refractivity contribution in [2.24, 2.45) is 0 Å². The molecular weight excluding hydrogens is 163 g/mol. The van der Waals surface area contributed by atoms with E-state index in [1.165, 1.54) is 6.07 Å². The van der Waals surface area contributed by atoms with Gasteiger partial charge >= 0.3 is 0 Å². The van der Waals surface area contributed by atoms with E-state index >= 15 is 0 Å². The molecule has 59 valence electrons. The average molecular weight is 172 g/mol. The molecule has 0 aliphatic rings. The molecule has 1 radical (unpaired) electrons. The third-order valence-electron chi connectivity index (χ3n) is 1.48. The molecule has 1 aromatic rings. The van der Waals surface area contributed by atoms with Crippen molar-refractivity contribution in [3.63, 3.8) is 0 Å². The molecule has 0 spiro atoms. The lowest BCUT2D eigenvalue weighted by Crippen LogP contribution is -1.87. The van der Waals surface area contributed by atoms with Crippen LogP contribution in [0.4, 0.5) is 4.39 Å². The zero-order chi connectivity index (χ0) is 8.27. The summed E-state index contributed by atoms with van der Waals surface area (Å²) in [6.45, 7) is 3.67. The fraction of sp³-hybridized carbons (Fsp3) is 0.222. The number of rotatable bonds is 2. The Morgan fingerprint density at radius 1 is 1.45 bits per heavy atom. The van der Waals surface area contributed by atoms with Gasteiger partial charge in [0.2, 0.25) is 0 Å². The molecule has 0 atom stereocenters. The molecule has 2 heteroatoms. The summed E-state index contributed by atoms with van der Waals surface area (Å²) in [6, 6.07) is 4.83. The second-order valence-corrected chi connectivity index (χ2v) is 2.69. The Morgan fingerprint density at radius 3 is 2.82 bits per heavy atom. The maximum absolute atomic E-state index is 12.8. The third-order valence-corrected chi connectivity index (χ3v) is 1.90. The van der Waals surface area contributed by atoms with Crippen LogP contribution in [0.15, 0.2) is 18.2 Å². The van der Waals surface area contributed by atoms with E-state index < -0.39 is 0 Å². The topological polar surface area (TPSA) is 0 Å². The largest absolute Gasteiger partial charge is 0.205 e. The van der Waals surface area contributed by atoms with Gasteiger partial charge in [-0.3, -0.25) is 0 Å². The maximum Gasteiger partial charge on any atom is 0.142 e. The van der Waals surface area contributed by atoms with Crippen LogP contribution in [0.1, 0.15) is 12.0 Å². The summed E-state index contributed by atoms with van der Waals surface area (Å²) in [5.74, 6) is -0.349. The molecule has 0 nitrogen and oxygen atoms in total. The molecule has 0 heterocycles. The van der Waals surface area contributed by atoms with Gasteiger partial charge < -0.3 is 0 Å². The highest BCUT2D eigenvalue weighted by atomic mass is 35.5. The smallest absolute Gasteiger partial charge is 0.142 e. The standard InChI is InChI=1S/C9H9ClF/c1-2-4-7-5-3-6-8(11)9(7)10/h3,5-6H,1-2,4H2. The highest BCUT2D eigenvalue weighted by Crippen LogP contribution is 2.20. The van der Waals surface area contributed by atoms with Crippen LogP contribution in [-0.2, 0) is 6.42 Å². The van der Waals surface area contributed by atoms with Crippen molar-refractivity contribution >= 4 is 11.6 Å². The Hall–Kier alpha value is -0.560. The molecule has 0 unspecified atom stereocenters. The van der Waals surface area contributed by atoms with Crippen LogP contribution in [-0.4, -0.2) is 0 Å². The second kappa shape index (κ2) is 3.72. The second-order valence-electron chi connectivity index (χ2n) is 2.32. The first-order valence-corrected chi connectivity index (χ1v) is 3.85. The molecule has 0 saturated heterocycles. The molecule has 1 rings (SSSR count). The van der Waals surface area contributed by atoms with Crippen LogP contribution in [0.3, 0.4) is 0 Å². The van der Waals surface area contributed by atoms with E-state index in [0.717, 1.165) is 18.4 Å². The first-order chi connectivity index (χ1) is 5.25. The van der Waals surface area contributed by atoms with Crippen LogP contribution in [0.25, 0.3) is 0 Å². The van der Waals surface area contributed by atoms with E-state index in [9.17, 15) is 4.39 Å². The van der Waals surface area contributed by atoms with Crippen LogP contribution in [0.5, 0.6) is 0 Å². The number of halogens is 2. The number of benzene rings is 1. The molecular formula is C9H9ClF. The van der Waals surface area contributed by atoms with Gasteiger partial charge in [0.15, 0.2) is 0 Å². The Kier molecular flexibility index (Phi) is 2.89. The van der Waals surface area contributed by atoms with E-state index in [4.69, 9.17) is 11.6 Å². The monoisotopic (exact) mass is 171 g/mol. The predicted octanol–water partition coefficient (Wildman–Crippen LogP) is 3.25. The predicted molar refractivity (Wildman–Crippen MR) is 45.1 cm³/mol. The van der Waals surface area contributed by atoms with Crippen molar-refractivity contribution in [2.45, 2.75) is 12.8 Å². The van der Waals surface area contributed by atoms with Crippen molar-refractivity contribution in [2.75, 3.05) is 0 Å². The minimum absolute atomic E-state index is 0.233. The minimum Gasteiger partial charge on any atom is -0.205 e. The first-order valence-electron chi connectivity index (χ1n) is 3.48. The number of hydrogen-bond donors (Lipinski definition) is 0. The molecule has 0 amide bonds.